The molecule has 1 saturated heterocycles. The molecule has 1 aliphatic heterocycles. The van der Waals surface area contributed by atoms with Crippen LogP contribution >= 0.6 is 0 Å². The topological polar surface area (TPSA) is 41.6 Å². The van der Waals surface area contributed by atoms with E-state index < -0.39 is 0 Å². The predicted octanol–water partition coefficient (Wildman–Crippen LogP) is 1.73. The lowest BCUT2D eigenvalue weighted by molar-refractivity contribution is -0.121. The first-order valence-corrected chi connectivity index (χ1v) is 6.36. The third-order valence-electron chi connectivity index (χ3n) is 2.92. The molecule has 0 bridgehead atoms. The molecule has 1 amide bonds. The maximum absolute atomic E-state index is 11.9. The number of anilines is 1. The molecule has 0 radical (unpaired) electrons. The summed E-state index contributed by atoms with van der Waals surface area (Å²) in [4.78, 5) is 14.0. The predicted molar refractivity (Wildman–Crippen MR) is 71.5 cm³/mol. The second-order valence-electron chi connectivity index (χ2n) is 4.87. The van der Waals surface area contributed by atoms with Gasteiger partial charge in [-0.15, -0.1) is 0 Å². The second kappa shape index (κ2) is 5.98. The van der Waals surface area contributed by atoms with E-state index >= 15 is 0 Å². The number of carbonyl (C=O) groups excluding carboxylic acids is 1. The zero-order valence-electron chi connectivity index (χ0n) is 10.9. The summed E-state index contributed by atoms with van der Waals surface area (Å²) < 4.78 is 5.64. The smallest absolute Gasteiger partial charge is 0.238 e. The third-order valence-corrected chi connectivity index (χ3v) is 2.92. The third kappa shape index (κ3) is 3.82. The van der Waals surface area contributed by atoms with Crippen molar-refractivity contribution in [1.82, 2.24) is 4.90 Å². The minimum Gasteiger partial charge on any atom is -0.373 e. The molecule has 4 nitrogen and oxygen atoms in total. The second-order valence-corrected chi connectivity index (χ2v) is 4.87. The highest BCUT2D eigenvalue weighted by Crippen LogP contribution is 2.11. The molecule has 1 heterocycles. The van der Waals surface area contributed by atoms with Crippen LogP contribution in [0.2, 0.25) is 0 Å². The summed E-state index contributed by atoms with van der Waals surface area (Å²) >= 11 is 0. The number of hydrogen-bond donors (Lipinski definition) is 1. The van der Waals surface area contributed by atoms with Crippen molar-refractivity contribution >= 4 is 11.6 Å². The number of nitrogens with one attached hydrogen (secondary N) is 1. The van der Waals surface area contributed by atoms with Crippen LogP contribution in [0.15, 0.2) is 30.3 Å². The summed E-state index contributed by atoms with van der Waals surface area (Å²) in [5.41, 5.74) is 0.844. The van der Waals surface area contributed by atoms with Crippen molar-refractivity contribution in [2.24, 2.45) is 0 Å². The van der Waals surface area contributed by atoms with E-state index in [9.17, 15) is 4.79 Å². The Hall–Kier alpha value is -1.39. The highest BCUT2D eigenvalue weighted by Gasteiger charge is 2.23. The van der Waals surface area contributed by atoms with E-state index in [0.717, 1.165) is 18.8 Å². The molecule has 1 aromatic rings. The first kappa shape index (κ1) is 13.1. The van der Waals surface area contributed by atoms with Crippen LogP contribution in [0.1, 0.15) is 13.8 Å². The average Bonchev–Trinajstić information content (AvgIpc) is 2.28. The van der Waals surface area contributed by atoms with Gasteiger partial charge in [0.05, 0.1) is 18.8 Å². The van der Waals surface area contributed by atoms with Crippen molar-refractivity contribution in [3.63, 3.8) is 0 Å². The quantitative estimate of drug-likeness (QED) is 0.886. The van der Waals surface area contributed by atoms with E-state index in [-0.39, 0.29) is 18.1 Å². The molecule has 1 aliphatic rings. The molecule has 98 valence electrons. The van der Waals surface area contributed by atoms with Gasteiger partial charge in [0.2, 0.25) is 5.91 Å². The molecular weight excluding hydrogens is 228 g/mol. The summed E-state index contributed by atoms with van der Waals surface area (Å²) in [6.07, 6.45) is 0.386. The maximum atomic E-state index is 11.9. The van der Waals surface area contributed by atoms with Gasteiger partial charge < -0.3 is 10.1 Å². The van der Waals surface area contributed by atoms with Crippen LogP contribution in [0, 0.1) is 0 Å². The van der Waals surface area contributed by atoms with Gasteiger partial charge in [0.1, 0.15) is 0 Å². The van der Waals surface area contributed by atoms with Crippen molar-refractivity contribution < 1.29 is 9.53 Å². The minimum absolute atomic E-state index is 0.0301. The van der Waals surface area contributed by atoms with E-state index in [0.29, 0.717) is 6.54 Å². The SMILES string of the molecule is CC1CN(CC(=O)Nc2ccccc2)CC(C)O1. The fourth-order valence-corrected chi connectivity index (χ4v) is 2.34. The Kier molecular flexibility index (Phi) is 4.33. The first-order chi connectivity index (χ1) is 8.63. The lowest BCUT2D eigenvalue weighted by atomic mass is 10.2. The number of ether oxygens (including phenoxy) is 1. The fraction of sp³-hybridized carbons (Fsp3) is 0.500. The number of nitrogens with zero attached hydrogens (tertiary/aromatic N) is 1. The molecule has 1 N–H and O–H groups in total. The molecule has 2 atom stereocenters. The Morgan fingerprint density at radius 1 is 1.28 bits per heavy atom. The van der Waals surface area contributed by atoms with Crippen molar-refractivity contribution in [2.75, 3.05) is 25.0 Å². The van der Waals surface area contributed by atoms with E-state index in [2.05, 4.69) is 10.2 Å². The number of amides is 1. The fourth-order valence-electron chi connectivity index (χ4n) is 2.34. The van der Waals surface area contributed by atoms with Gasteiger partial charge in [-0.3, -0.25) is 9.69 Å². The van der Waals surface area contributed by atoms with Crippen molar-refractivity contribution in [3.8, 4) is 0 Å². The number of carbonyl (C=O) groups is 1. The van der Waals surface area contributed by atoms with Crippen LogP contribution in [0.4, 0.5) is 5.69 Å². The summed E-state index contributed by atoms with van der Waals surface area (Å²) in [7, 11) is 0. The number of rotatable bonds is 3. The van der Waals surface area contributed by atoms with Gasteiger partial charge in [0, 0.05) is 18.8 Å². The molecule has 0 aliphatic carbocycles. The van der Waals surface area contributed by atoms with E-state index in [1.165, 1.54) is 0 Å². The van der Waals surface area contributed by atoms with Crippen LogP contribution in [0.25, 0.3) is 0 Å². The lowest BCUT2D eigenvalue weighted by Crippen LogP contribution is -2.48. The van der Waals surface area contributed by atoms with Crippen LogP contribution in [0.3, 0.4) is 0 Å². The summed E-state index contributed by atoms with van der Waals surface area (Å²) in [5, 5.41) is 2.90. The van der Waals surface area contributed by atoms with Gasteiger partial charge in [-0.25, -0.2) is 0 Å². The molecule has 0 spiro atoms. The molecule has 1 fully saturated rings. The van der Waals surface area contributed by atoms with Gasteiger partial charge in [-0.05, 0) is 26.0 Å². The number of benzene rings is 1. The lowest BCUT2D eigenvalue weighted by Gasteiger charge is -2.34. The standard InChI is InChI=1S/C14H20N2O2/c1-11-8-16(9-12(2)18-11)10-14(17)15-13-6-4-3-5-7-13/h3-7,11-12H,8-10H2,1-2H3,(H,15,17). The number of para-hydroxylation sites is 1. The zero-order chi connectivity index (χ0) is 13.0. The average molecular weight is 248 g/mol. The van der Waals surface area contributed by atoms with Crippen LogP contribution in [0.5, 0.6) is 0 Å². The van der Waals surface area contributed by atoms with Crippen LogP contribution in [-0.4, -0.2) is 42.6 Å². The van der Waals surface area contributed by atoms with Gasteiger partial charge in [-0.1, -0.05) is 18.2 Å². The highest BCUT2D eigenvalue weighted by atomic mass is 16.5. The van der Waals surface area contributed by atoms with E-state index in [1.807, 2.05) is 44.2 Å². The molecule has 2 unspecified atom stereocenters. The van der Waals surface area contributed by atoms with E-state index in [4.69, 9.17) is 4.74 Å². The van der Waals surface area contributed by atoms with E-state index in [1.54, 1.807) is 0 Å². The largest absolute Gasteiger partial charge is 0.373 e. The summed E-state index contributed by atoms with van der Waals surface area (Å²) in [5.74, 6) is 0.0301. The minimum atomic E-state index is 0.0301. The Morgan fingerprint density at radius 3 is 2.50 bits per heavy atom. The van der Waals surface area contributed by atoms with Crippen LogP contribution in [-0.2, 0) is 9.53 Å². The van der Waals surface area contributed by atoms with Crippen LogP contribution < -0.4 is 5.32 Å². The molecule has 0 aromatic heterocycles. The number of hydrogen-bond acceptors (Lipinski definition) is 3. The van der Waals surface area contributed by atoms with Gasteiger partial charge in [-0.2, -0.15) is 0 Å². The maximum Gasteiger partial charge on any atom is 0.238 e. The van der Waals surface area contributed by atoms with Gasteiger partial charge >= 0.3 is 0 Å². The first-order valence-electron chi connectivity index (χ1n) is 6.36. The van der Waals surface area contributed by atoms with Gasteiger partial charge in [0.15, 0.2) is 0 Å². The monoisotopic (exact) mass is 248 g/mol. The molecule has 0 saturated carbocycles. The Morgan fingerprint density at radius 2 is 1.89 bits per heavy atom. The summed E-state index contributed by atoms with van der Waals surface area (Å²) in [6, 6.07) is 9.54. The highest BCUT2D eigenvalue weighted by molar-refractivity contribution is 5.92. The van der Waals surface area contributed by atoms with Gasteiger partial charge in [0.25, 0.3) is 0 Å². The number of morpholine rings is 1. The van der Waals surface area contributed by atoms with Crippen molar-refractivity contribution in [2.45, 2.75) is 26.1 Å². The van der Waals surface area contributed by atoms with Crippen molar-refractivity contribution in [3.05, 3.63) is 30.3 Å². The zero-order valence-corrected chi connectivity index (χ0v) is 10.9. The Labute approximate surface area is 108 Å². The Bertz CT molecular complexity index is 384. The Balaban J connectivity index is 1.84. The molecule has 2 rings (SSSR count). The van der Waals surface area contributed by atoms with Crippen molar-refractivity contribution in [1.29, 1.82) is 0 Å². The molecule has 4 heteroatoms. The molecule has 18 heavy (non-hydrogen) atoms. The molecular formula is C14H20N2O2. The molecule has 1 aromatic carbocycles. The summed E-state index contributed by atoms with van der Waals surface area (Å²) in [6.45, 7) is 6.13. The normalized spacial score (nSPS) is 24.8.